The van der Waals surface area contributed by atoms with E-state index in [1.807, 2.05) is 18.2 Å². The van der Waals surface area contributed by atoms with Crippen molar-refractivity contribution in [2.24, 2.45) is 5.92 Å². The first kappa shape index (κ1) is 21.7. The Balaban J connectivity index is 1.70. The highest BCUT2D eigenvalue weighted by molar-refractivity contribution is 6.69. The third kappa shape index (κ3) is 3.53. The van der Waals surface area contributed by atoms with Crippen molar-refractivity contribution < 1.29 is 24.0 Å². The first-order valence-electron chi connectivity index (χ1n) is 10.6. The zero-order valence-corrected chi connectivity index (χ0v) is 19.5. The molecule has 0 radical (unpaired) electrons. The van der Waals surface area contributed by atoms with Gasteiger partial charge < -0.3 is 19.0 Å². The van der Waals surface area contributed by atoms with Crippen molar-refractivity contribution in [3.63, 3.8) is 0 Å². The van der Waals surface area contributed by atoms with Crippen molar-refractivity contribution in [2.45, 2.75) is 47.2 Å². The molecule has 5 rings (SSSR count). The monoisotopic (exact) mass is 490 g/mol. The van der Waals surface area contributed by atoms with Gasteiger partial charge in [-0.1, -0.05) is 47.6 Å². The second kappa shape index (κ2) is 8.03. The minimum absolute atomic E-state index is 0.00385. The molecule has 0 spiro atoms. The van der Waals surface area contributed by atoms with E-state index in [9.17, 15) is 5.21 Å². The van der Waals surface area contributed by atoms with Crippen LogP contribution < -0.4 is 9.47 Å². The maximum atomic E-state index is 13.5. The Morgan fingerprint density at radius 3 is 2.71 bits per heavy atom. The molecule has 1 aromatic carbocycles. The number of halogens is 3. The van der Waals surface area contributed by atoms with Crippen molar-refractivity contribution in [2.75, 3.05) is 33.4 Å². The summed E-state index contributed by atoms with van der Waals surface area (Å²) in [4.78, 5) is 9.04. The van der Waals surface area contributed by atoms with Crippen LogP contribution in [0.5, 0.6) is 11.5 Å². The highest BCUT2D eigenvalue weighted by atomic mass is 35.6. The van der Waals surface area contributed by atoms with Crippen LogP contribution in [-0.2, 0) is 9.57 Å². The number of rotatable bonds is 2. The highest BCUT2D eigenvalue weighted by Crippen LogP contribution is 2.55. The normalized spacial score (nSPS) is 33.5. The van der Waals surface area contributed by atoms with Crippen molar-refractivity contribution in [1.29, 1.82) is 0 Å². The van der Waals surface area contributed by atoms with Crippen LogP contribution in [0.1, 0.15) is 37.2 Å². The van der Waals surface area contributed by atoms with Gasteiger partial charge in [-0.15, -0.1) is 0 Å². The van der Waals surface area contributed by atoms with Gasteiger partial charge in [0.1, 0.15) is 17.2 Å². The molecule has 1 saturated carbocycles. The van der Waals surface area contributed by atoms with E-state index in [4.69, 9.17) is 53.9 Å². The van der Waals surface area contributed by atoms with Gasteiger partial charge in [-0.3, -0.25) is 10.1 Å². The molecule has 0 N–H and O–H groups in total. The quantitative estimate of drug-likeness (QED) is 0.460. The summed E-state index contributed by atoms with van der Waals surface area (Å²) in [5.41, 5.74) is 0.443. The maximum Gasteiger partial charge on any atom is 0.274 e. The average Bonchev–Trinajstić information content (AvgIpc) is 2.77. The van der Waals surface area contributed by atoms with E-state index in [1.165, 1.54) is 0 Å². The lowest BCUT2D eigenvalue weighted by Crippen LogP contribution is -2.67. The summed E-state index contributed by atoms with van der Waals surface area (Å²) in [6.07, 6.45) is 2.63. The lowest BCUT2D eigenvalue weighted by Gasteiger charge is -2.57. The molecule has 0 amide bonds. The predicted molar refractivity (Wildman–Crippen MR) is 117 cm³/mol. The Kier molecular flexibility index (Phi) is 5.62. The molecular weight excluding hydrogens is 467 g/mol. The lowest BCUT2D eigenvalue weighted by atomic mass is 9.66. The van der Waals surface area contributed by atoms with E-state index >= 15 is 0 Å². The largest absolute Gasteiger partial charge is 0.497 e. The van der Waals surface area contributed by atoms with E-state index in [1.54, 1.807) is 7.11 Å². The fraction of sp³-hybridized carbons (Fsp3) is 0.667. The van der Waals surface area contributed by atoms with Crippen molar-refractivity contribution in [1.82, 2.24) is 4.90 Å². The van der Waals surface area contributed by atoms with E-state index in [0.717, 1.165) is 31.2 Å². The zero-order valence-electron chi connectivity index (χ0n) is 17.2. The molecule has 3 aliphatic heterocycles. The number of hydrogen-bond acceptors (Lipinski definition) is 6. The highest BCUT2D eigenvalue weighted by Gasteiger charge is 2.62. The zero-order chi connectivity index (χ0) is 21.8. The van der Waals surface area contributed by atoms with Crippen LogP contribution in [0.2, 0.25) is 0 Å². The van der Waals surface area contributed by atoms with E-state index in [-0.39, 0.29) is 11.8 Å². The first-order chi connectivity index (χ1) is 14.8. The minimum Gasteiger partial charge on any atom is -0.497 e. The van der Waals surface area contributed by atoms with Crippen LogP contribution >= 0.6 is 34.8 Å². The second-order valence-electron chi connectivity index (χ2n) is 8.49. The van der Waals surface area contributed by atoms with E-state index in [0.29, 0.717) is 48.4 Å². The number of nitrogens with zero attached hydrogens (tertiary/aromatic N) is 2. The lowest BCUT2D eigenvalue weighted by molar-refractivity contribution is -0.787. The van der Waals surface area contributed by atoms with E-state index in [2.05, 4.69) is 4.90 Å². The van der Waals surface area contributed by atoms with Gasteiger partial charge in [0.2, 0.25) is 9.90 Å². The van der Waals surface area contributed by atoms with Crippen LogP contribution in [0, 0.1) is 11.1 Å². The van der Waals surface area contributed by atoms with Gasteiger partial charge in [0.05, 0.1) is 26.2 Å². The first-order valence-corrected chi connectivity index (χ1v) is 11.8. The molecule has 0 aromatic heterocycles. The summed E-state index contributed by atoms with van der Waals surface area (Å²) in [6.45, 7) is 2.65. The molecule has 4 atom stereocenters. The summed E-state index contributed by atoms with van der Waals surface area (Å²) in [7, 11) is 1.61. The molecule has 0 bridgehead atoms. The van der Waals surface area contributed by atoms with Gasteiger partial charge in [-0.2, -0.15) is 0 Å². The van der Waals surface area contributed by atoms with Gasteiger partial charge in [0.15, 0.2) is 0 Å². The Bertz CT molecular complexity index is 886. The van der Waals surface area contributed by atoms with Crippen LogP contribution in [0.4, 0.5) is 0 Å². The fourth-order valence-electron chi connectivity index (χ4n) is 5.66. The molecule has 1 aromatic rings. The van der Waals surface area contributed by atoms with Gasteiger partial charge in [-0.05, 0) is 31.0 Å². The van der Waals surface area contributed by atoms with Crippen LogP contribution in [-0.4, -0.2) is 64.5 Å². The van der Waals surface area contributed by atoms with Gasteiger partial charge in [-0.25, -0.2) is 0 Å². The number of ether oxygens (including phenoxy) is 3. The SMILES string of the molecule is COc1ccc2c(c1)[C@H]1C(=[N+]([O-])O[C@@]3(N4CCOCC4)CCCC[C@@H]13)[C@@H](C(Cl)(Cl)Cl)O2. The summed E-state index contributed by atoms with van der Waals surface area (Å²) >= 11 is 18.9. The Hall–Kier alpha value is -1.12. The van der Waals surface area contributed by atoms with Gasteiger partial charge in [0, 0.05) is 29.5 Å². The number of benzene rings is 1. The summed E-state index contributed by atoms with van der Waals surface area (Å²) < 4.78 is 15.3. The number of alkyl halides is 3. The number of fused-ring (bicyclic) bond motifs is 5. The molecule has 0 unspecified atom stereocenters. The summed E-state index contributed by atoms with van der Waals surface area (Å²) in [5.74, 6) is 0.978. The number of methoxy groups -OCH3 is 1. The molecule has 2 fully saturated rings. The molecule has 3 heterocycles. The molecule has 7 nitrogen and oxygen atoms in total. The molecule has 10 heteroatoms. The topological polar surface area (TPSA) is 66.2 Å². The third-order valence-electron chi connectivity index (χ3n) is 6.96. The average molecular weight is 492 g/mol. The van der Waals surface area contributed by atoms with Crippen LogP contribution in [0.3, 0.4) is 0 Å². The molecule has 4 aliphatic rings. The molecule has 31 heavy (non-hydrogen) atoms. The van der Waals surface area contributed by atoms with E-state index < -0.39 is 15.6 Å². The van der Waals surface area contributed by atoms with Gasteiger partial charge in [0.25, 0.3) is 5.71 Å². The smallest absolute Gasteiger partial charge is 0.274 e. The fourth-order valence-corrected chi connectivity index (χ4v) is 6.13. The third-order valence-corrected chi connectivity index (χ3v) is 7.56. The van der Waals surface area contributed by atoms with Crippen LogP contribution in [0.15, 0.2) is 18.2 Å². The maximum absolute atomic E-state index is 13.5. The molecule has 1 aliphatic carbocycles. The Labute approximate surface area is 196 Å². The minimum atomic E-state index is -1.83. The van der Waals surface area contributed by atoms with Gasteiger partial charge >= 0.3 is 0 Å². The van der Waals surface area contributed by atoms with Crippen molar-refractivity contribution >= 4 is 40.5 Å². The summed E-state index contributed by atoms with van der Waals surface area (Å²) in [5, 5.41) is 13.5. The summed E-state index contributed by atoms with van der Waals surface area (Å²) in [6, 6.07) is 5.55. The second-order valence-corrected chi connectivity index (χ2v) is 10.9. The van der Waals surface area contributed by atoms with Crippen molar-refractivity contribution in [3.8, 4) is 11.5 Å². The standard InChI is InChI=1S/C21H25Cl3N2O5/c1-28-13-5-6-16-14(12-13)17-15-4-2-3-7-20(15,25-8-10-29-11-9-25)31-26(27)18(17)19(30-16)21(22,23)24/h5-6,12,15,17,19H,2-4,7-11H2,1H3/t15-,17+,19-,20-/m0/s1. The molecule has 170 valence electrons. The van der Waals surface area contributed by atoms with Crippen molar-refractivity contribution in [3.05, 3.63) is 29.0 Å². The predicted octanol–water partition coefficient (Wildman–Crippen LogP) is 4.03. The number of hydrogen-bond donors (Lipinski definition) is 0. The molecular formula is C21H25Cl3N2O5. The molecule has 1 saturated heterocycles. The van der Waals surface area contributed by atoms with Crippen LogP contribution in [0.25, 0.3) is 0 Å². The Morgan fingerprint density at radius 1 is 1.23 bits per heavy atom. The Morgan fingerprint density at radius 2 is 2.00 bits per heavy atom. The number of morpholine rings is 1.